The number of aryl methyl sites for hydroxylation is 3. The van der Waals surface area contributed by atoms with Crippen LogP contribution >= 0.6 is 0 Å². The molecule has 1 aliphatic rings. The lowest BCUT2D eigenvalue weighted by Gasteiger charge is -2.24. The van der Waals surface area contributed by atoms with Crippen molar-refractivity contribution in [3.05, 3.63) is 70.7 Å². The number of aromatic nitrogens is 5. The van der Waals surface area contributed by atoms with Gasteiger partial charge in [0.2, 0.25) is 0 Å². The first-order valence-electron chi connectivity index (χ1n) is 10.6. The molecule has 1 N–H and O–H groups in total. The molecule has 1 aliphatic carbocycles. The monoisotopic (exact) mass is 412 g/mol. The van der Waals surface area contributed by atoms with Gasteiger partial charge < -0.3 is 5.32 Å². The first kappa shape index (κ1) is 19.4. The van der Waals surface area contributed by atoms with E-state index in [2.05, 4.69) is 27.8 Å². The summed E-state index contributed by atoms with van der Waals surface area (Å²) in [5.41, 5.74) is 6.32. The molecule has 5 rings (SSSR count). The second-order valence-corrected chi connectivity index (χ2v) is 8.37. The summed E-state index contributed by atoms with van der Waals surface area (Å²) in [6.45, 7) is 6.08. The third kappa shape index (κ3) is 3.46. The Bertz CT molecular complexity index is 1310. The Morgan fingerprint density at radius 2 is 2.00 bits per heavy atom. The summed E-state index contributed by atoms with van der Waals surface area (Å²) < 4.78 is 1.68. The summed E-state index contributed by atoms with van der Waals surface area (Å²) in [7, 11) is 0. The van der Waals surface area contributed by atoms with Gasteiger partial charge in [-0.15, -0.1) is 5.10 Å². The van der Waals surface area contributed by atoms with Crippen LogP contribution in [0.5, 0.6) is 0 Å². The van der Waals surface area contributed by atoms with Crippen LogP contribution in [0.1, 0.15) is 46.3 Å². The van der Waals surface area contributed by atoms with Crippen LogP contribution in [0.15, 0.2) is 42.5 Å². The molecule has 0 saturated carbocycles. The van der Waals surface area contributed by atoms with E-state index in [1.54, 1.807) is 4.68 Å². The number of amides is 1. The molecule has 0 radical (unpaired) electrons. The van der Waals surface area contributed by atoms with Gasteiger partial charge in [0, 0.05) is 16.8 Å². The zero-order valence-corrected chi connectivity index (χ0v) is 17.9. The SMILES string of the molecule is Cc1ccc(NC(=O)c2c3c(nc4ccccc24)CCC(C)C3)cc1-n1nnnc1C. The van der Waals surface area contributed by atoms with Gasteiger partial charge in [0.25, 0.3) is 5.91 Å². The number of nitrogens with zero attached hydrogens (tertiary/aromatic N) is 5. The molecule has 0 spiro atoms. The summed E-state index contributed by atoms with van der Waals surface area (Å²) in [5, 5.41) is 15.8. The highest BCUT2D eigenvalue weighted by atomic mass is 16.1. The second-order valence-electron chi connectivity index (χ2n) is 8.37. The fourth-order valence-corrected chi connectivity index (χ4v) is 4.39. The lowest BCUT2D eigenvalue weighted by atomic mass is 9.84. The van der Waals surface area contributed by atoms with Gasteiger partial charge in [0.05, 0.1) is 16.8 Å². The van der Waals surface area contributed by atoms with Gasteiger partial charge in [-0.2, -0.15) is 4.68 Å². The molecule has 4 aromatic rings. The number of nitrogens with one attached hydrogen (secondary N) is 1. The highest BCUT2D eigenvalue weighted by Gasteiger charge is 2.25. The molecule has 0 fully saturated rings. The average Bonchev–Trinajstić information content (AvgIpc) is 3.19. The van der Waals surface area contributed by atoms with Crippen LogP contribution < -0.4 is 5.32 Å². The topological polar surface area (TPSA) is 85.6 Å². The molecule has 31 heavy (non-hydrogen) atoms. The van der Waals surface area contributed by atoms with E-state index in [0.29, 0.717) is 17.4 Å². The lowest BCUT2D eigenvalue weighted by Crippen LogP contribution is -2.21. The number of anilines is 1. The number of carbonyl (C=O) groups excluding carboxylic acids is 1. The normalized spacial score (nSPS) is 15.6. The first-order valence-corrected chi connectivity index (χ1v) is 10.6. The molecule has 156 valence electrons. The molecule has 2 aromatic heterocycles. The van der Waals surface area contributed by atoms with Crippen molar-refractivity contribution < 1.29 is 4.79 Å². The average molecular weight is 412 g/mol. The van der Waals surface area contributed by atoms with Crippen molar-refractivity contribution in [3.8, 4) is 5.69 Å². The quantitative estimate of drug-likeness (QED) is 0.545. The van der Waals surface area contributed by atoms with Crippen molar-refractivity contribution in [1.82, 2.24) is 25.2 Å². The Kier molecular flexibility index (Phi) is 4.73. The molecule has 7 nitrogen and oxygen atoms in total. The largest absolute Gasteiger partial charge is 0.322 e. The molecule has 1 unspecified atom stereocenters. The number of rotatable bonds is 3. The lowest BCUT2D eigenvalue weighted by molar-refractivity contribution is 0.102. The van der Waals surface area contributed by atoms with E-state index in [0.717, 1.165) is 58.2 Å². The Morgan fingerprint density at radius 1 is 1.16 bits per heavy atom. The van der Waals surface area contributed by atoms with E-state index < -0.39 is 0 Å². The van der Waals surface area contributed by atoms with Gasteiger partial charge >= 0.3 is 0 Å². The Balaban J connectivity index is 1.58. The zero-order chi connectivity index (χ0) is 21.5. The molecule has 2 heterocycles. The fraction of sp³-hybridized carbons (Fsp3) is 0.292. The molecule has 1 amide bonds. The fourth-order valence-electron chi connectivity index (χ4n) is 4.39. The van der Waals surface area contributed by atoms with E-state index in [-0.39, 0.29) is 5.91 Å². The Hall–Kier alpha value is -3.61. The van der Waals surface area contributed by atoms with Gasteiger partial charge in [0.15, 0.2) is 5.82 Å². The maximum atomic E-state index is 13.6. The number of tetrazole rings is 1. The van der Waals surface area contributed by atoms with Crippen molar-refractivity contribution in [1.29, 1.82) is 0 Å². The first-order chi connectivity index (χ1) is 15.0. The smallest absolute Gasteiger partial charge is 0.256 e. The number of hydrogen-bond donors (Lipinski definition) is 1. The van der Waals surface area contributed by atoms with E-state index in [4.69, 9.17) is 4.98 Å². The van der Waals surface area contributed by atoms with Crippen molar-refractivity contribution in [3.63, 3.8) is 0 Å². The summed E-state index contributed by atoms with van der Waals surface area (Å²) in [6.07, 6.45) is 2.89. The Morgan fingerprint density at radius 3 is 2.81 bits per heavy atom. The van der Waals surface area contributed by atoms with Crippen LogP contribution in [0, 0.1) is 19.8 Å². The molecule has 0 saturated heterocycles. The highest BCUT2D eigenvalue weighted by molar-refractivity contribution is 6.13. The molecular weight excluding hydrogens is 388 g/mol. The summed E-state index contributed by atoms with van der Waals surface area (Å²) in [5.74, 6) is 1.12. The maximum Gasteiger partial charge on any atom is 0.256 e. The molecule has 2 aromatic carbocycles. The van der Waals surface area contributed by atoms with E-state index in [1.165, 1.54) is 0 Å². The van der Waals surface area contributed by atoms with Gasteiger partial charge in [-0.05, 0) is 78.8 Å². The minimum Gasteiger partial charge on any atom is -0.322 e. The van der Waals surface area contributed by atoms with Crippen LogP contribution in [-0.4, -0.2) is 31.1 Å². The standard InChI is InChI=1S/C24H24N6O/c1-14-8-11-21-19(12-14)23(18-6-4-5-7-20(18)26-21)24(31)25-17-10-9-15(2)22(13-17)30-16(3)27-28-29-30/h4-7,9-10,13-14H,8,11-12H2,1-3H3,(H,25,31). The second kappa shape index (κ2) is 7.58. The van der Waals surface area contributed by atoms with Crippen LogP contribution in [0.3, 0.4) is 0 Å². The predicted octanol–water partition coefficient (Wildman–Crippen LogP) is 4.20. The van der Waals surface area contributed by atoms with Gasteiger partial charge in [-0.1, -0.05) is 31.2 Å². The maximum absolute atomic E-state index is 13.6. The Labute approximate surface area is 180 Å². The van der Waals surface area contributed by atoms with Crippen molar-refractivity contribution >= 4 is 22.5 Å². The third-order valence-electron chi connectivity index (χ3n) is 6.05. The van der Waals surface area contributed by atoms with Crippen LogP contribution in [0.25, 0.3) is 16.6 Å². The van der Waals surface area contributed by atoms with Crippen molar-refractivity contribution in [2.24, 2.45) is 5.92 Å². The molecule has 0 aliphatic heterocycles. The minimum absolute atomic E-state index is 0.104. The summed E-state index contributed by atoms with van der Waals surface area (Å²) >= 11 is 0. The highest BCUT2D eigenvalue weighted by Crippen LogP contribution is 2.32. The third-order valence-corrected chi connectivity index (χ3v) is 6.05. The minimum atomic E-state index is -0.104. The predicted molar refractivity (Wildman–Crippen MR) is 120 cm³/mol. The number of benzene rings is 2. The molecule has 1 atom stereocenters. The van der Waals surface area contributed by atoms with Gasteiger partial charge in [-0.3, -0.25) is 9.78 Å². The molecular formula is C24H24N6O. The van der Waals surface area contributed by atoms with Crippen molar-refractivity contribution in [2.75, 3.05) is 5.32 Å². The number of hydrogen-bond acceptors (Lipinski definition) is 5. The zero-order valence-electron chi connectivity index (χ0n) is 17.9. The van der Waals surface area contributed by atoms with Crippen molar-refractivity contribution in [2.45, 2.75) is 40.0 Å². The van der Waals surface area contributed by atoms with Crippen LogP contribution in [0.2, 0.25) is 0 Å². The van der Waals surface area contributed by atoms with E-state index in [9.17, 15) is 4.79 Å². The van der Waals surface area contributed by atoms with Gasteiger partial charge in [-0.25, -0.2) is 0 Å². The summed E-state index contributed by atoms with van der Waals surface area (Å²) in [4.78, 5) is 18.4. The van der Waals surface area contributed by atoms with Gasteiger partial charge in [0.1, 0.15) is 0 Å². The number of pyridine rings is 1. The number of fused-ring (bicyclic) bond motifs is 2. The molecule has 0 bridgehead atoms. The van der Waals surface area contributed by atoms with E-state index >= 15 is 0 Å². The summed E-state index contributed by atoms with van der Waals surface area (Å²) in [6, 6.07) is 13.7. The van der Waals surface area contributed by atoms with Crippen LogP contribution in [-0.2, 0) is 12.8 Å². The van der Waals surface area contributed by atoms with Crippen LogP contribution in [0.4, 0.5) is 5.69 Å². The number of carbonyl (C=O) groups is 1. The molecule has 7 heteroatoms. The number of para-hydroxylation sites is 1. The van der Waals surface area contributed by atoms with E-state index in [1.807, 2.05) is 56.3 Å².